The second kappa shape index (κ2) is 5.58. The molecule has 1 N–H and O–H groups in total. The molecule has 2 aromatic rings. The first-order valence-corrected chi connectivity index (χ1v) is 6.11. The fourth-order valence-electron chi connectivity index (χ4n) is 2.12. The Morgan fingerprint density at radius 1 is 1.06 bits per heavy atom. The maximum atomic E-state index is 9.29. The number of hydrogen-bond acceptors (Lipinski definition) is 2. The van der Waals surface area contributed by atoms with Crippen LogP contribution in [0, 0.1) is 0 Å². The predicted octanol–water partition coefficient (Wildman–Crippen LogP) is 3.75. The summed E-state index contributed by atoms with van der Waals surface area (Å²) in [4.78, 5) is 0. The third kappa shape index (κ3) is 2.83. The van der Waals surface area contributed by atoms with Gasteiger partial charge in [-0.1, -0.05) is 37.3 Å². The van der Waals surface area contributed by atoms with Gasteiger partial charge in [0.2, 0.25) is 0 Å². The molecule has 0 bridgehead atoms. The van der Waals surface area contributed by atoms with Gasteiger partial charge >= 0.3 is 0 Å². The molecule has 0 amide bonds. The van der Waals surface area contributed by atoms with Crippen LogP contribution >= 0.6 is 0 Å². The van der Waals surface area contributed by atoms with E-state index >= 15 is 0 Å². The monoisotopic (exact) mass is 242 g/mol. The minimum atomic E-state index is 0.309. The first-order valence-electron chi connectivity index (χ1n) is 6.11. The van der Waals surface area contributed by atoms with E-state index in [2.05, 4.69) is 13.0 Å². The summed E-state index contributed by atoms with van der Waals surface area (Å²) in [5, 5.41) is 9.29. The minimum Gasteiger partial charge on any atom is -0.508 e. The van der Waals surface area contributed by atoms with Crippen molar-refractivity contribution in [1.29, 1.82) is 0 Å². The van der Waals surface area contributed by atoms with E-state index in [1.54, 1.807) is 19.2 Å². The van der Waals surface area contributed by atoms with Gasteiger partial charge in [-0.2, -0.15) is 0 Å². The lowest BCUT2D eigenvalue weighted by Crippen LogP contribution is -2.00. The summed E-state index contributed by atoms with van der Waals surface area (Å²) >= 11 is 0. The highest BCUT2D eigenvalue weighted by Gasteiger charge is 2.09. The topological polar surface area (TPSA) is 29.5 Å². The van der Waals surface area contributed by atoms with E-state index in [0.717, 1.165) is 12.2 Å². The fourth-order valence-corrected chi connectivity index (χ4v) is 2.12. The highest BCUT2D eigenvalue weighted by atomic mass is 16.5. The molecular formula is C16H18O2. The normalized spacial score (nSPS) is 12.1. The second-order valence-corrected chi connectivity index (χ2v) is 4.51. The largest absolute Gasteiger partial charge is 0.508 e. The minimum absolute atomic E-state index is 0.309. The van der Waals surface area contributed by atoms with Crippen LogP contribution in [0.15, 0.2) is 48.5 Å². The van der Waals surface area contributed by atoms with Gasteiger partial charge in [-0.25, -0.2) is 0 Å². The summed E-state index contributed by atoms with van der Waals surface area (Å²) in [6.07, 6.45) is 0.925. The quantitative estimate of drug-likeness (QED) is 0.884. The molecule has 1 unspecified atom stereocenters. The Morgan fingerprint density at radius 2 is 1.72 bits per heavy atom. The first-order chi connectivity index (χ1) is 8.70. The molecule has 2 aromatic carbocycles. The molecule has 2 heteroatoms. The highest BCUT2D eigenvalue weighted by molar-refractivity contribution is 5.36. The zero-order valence-corrected chi connectivity index (χ0v) is 10.8. The van der Waals surface area contributed by atoms with Crippen LogP contribution in [-0.4, -0.2) is 12.2 Å². The molecule has 0 heterocycles. The van der Waals surface area contributed by atoms with Gasteiger partial charge < -0.3 is 9.84 Å². The van der Waals surface area contributed by atoms with E-state index in [9.17, 15) is 5.11 Å². The van der Waals surface area contributed by atoms with Gasteiger partial charge in [0.15, 0.2) is 0 Å². The molecule has 1 atom stereocenters. The first kappa shape index (κ1) is 12.5. The van der Waals surface area contributed by atoms with Crippen molar-refractivity contribution in [2.75, 3.05) is 7.11 Å². The molecule has 2 nitrogen and oxygen atoms in total. The molecule has 18 heavy (non-hydrogen) atoms. The number of benzene rings is 2. The van der Waals surface area contributed by atoms with Gasteiger partial charge in [-0.05, 0) is 41.7 Å². The number of para-hydroxylation sites is 1. The lowest BCUT2D eigenvalue weighted by atomic mass is 9.93. The summed E-state index contributed by atoms with van der Waals surface area (Å²) in [5.41, 5.74) is 2.43. The fraction of sp³-hybridized carbons (Fsp3) is 0.250. The summed E-state index contributed by atoms with van der Waals surface area (Å²) in [6, 6.07) is 15.5. The van der Waals surface area contributed by atoms with E-state index in [1.807, 2.05) is 30.3 Å². The van der Waals surface area contributed by atoms with Gasteiger partial charge in [0.1, 0.15) is 11.5 Å². The summed E-state index contributed by atoms with van der Waals surface area (Å²) in [6.45, 7) is 2.18. The van der Waals surface area contributed by atoms with Crippen LogP contribution in [0.1, 0.15) is 24.0 Å². The van der Waals surface area contributed by atoms with Crippen LogP contribution in [-0.2, 0) is 6.42 Å². The highest BCUT2D eigenvalue weighted by Crippen LogP contribution is 2.26. The molecular weight excluding hydrogens is 224 g/mol. The number of phenolic OH excluding ortho intramolecular Hbond substituents is 1. The third-order valence-electron chi connectivity index (χ3n) is 3.18. The Hall–Kier alpha value is -1.96. The summed E-state index contributed by atoms with van der Waals surface area (Å²) in [5.74, 6) is 1.63. The number of hydrogen-bond donors (Lipinski definition) is 1. The van der Waals surface area contributed by atoms with Crippen LogP contribution in [0.3, 0.4) is 0 Å². The van der Waals surface area contributed by atoms with Crippen LogP contribution in [0.5, 0.6) is 11.5 Å². The van der Waals surface area contributed by atoms with Crippen molar-refractivity contribution in [3.8, 4) is 11.5 Å². The zero-order chi connectivity index (χ0) is 13.0. The van der Waals surface area contributed by atoms with Gasteiger partial charge in [-0.15, -0.1) is 0 Å². The SMILES string of the molecule is COc1ccccc1CC(C)c1ccc(O)cc1. The molecule has 0 aromatic heterocycles. The molecule has 0 spiro atoms. The van der Waals surface area contributed by atoms with E-state index < -0.39 is 0 Å². The maximum absolute atomic E-state index is 9.29. The van der Waals surface area contributed by atoms with Crippen molar-refractivity contribution in [1.82, 2.24) is 0 Å². The van der Waals surface area contributed by atoms with E-state index in [-0.39, 0.29) is 0 Å². The molecule has 0 aliphatic rings. The van der Waals surface area contributed by atoms with Crippen molar-refractivity contribution < 1.29 is 9.84 Å². The number of aromatic hydroxyl groups is 1. The van der Waals surface area contributed by atoms with Gasteiger partial charge in [-0.3, -0.25) is 0 Å². The standard InChI is InChI=1S/C16H18O2/c1-12(13-7-9-15(17)10-8-13)11-14-5-3-4-6-16(14)18-2/h3-10,12,17H,11H2,1-2H3. The molecule has 0 radical (unpaired) electrons. The summed E-state index contributed by atoms with van der Waals surface area (Å²) < 4.78 is 5.36. The number of ether oxygens (including phenoxy) is 1. The van der Waals surface area contributed by atoms with Crippen molar-refractivity contribution in [2.45, 2.75) is 19.3 Å². The summed E-state index contributed by atoms with van der Waals surface area (Å²) in [7, 11) is 1.70. The van der Waals surface area contributed by atoms with E-state index in [4.69, 9.17) is 4.74 Å². The van der Waals surface area contributed by atoms with Crippen molar-refractivity contribution in [2.24, 2.45) is 0 Å². The van der Waals surface area contributed by atoms with Crippen LogP contribution in [0.2, 0.25) is 0 Å². The van der Waals surface area contributed by atoms with Crippen LogP contribution in [0.4, 0.5) is 0 Å². The average Bonchev–Trinajstić information content (AvgIpc) is 2.40. The Labute approximate surface area is 108 Å². The van der Waals surface area contributed by atoms with Crippen LogP contribution < -0.4 is 4.74 Å². The molecule has 0 aliphatic carbocycles. The molecule has 0 aliphatic heterocycles. The average molecular weight is 242 g/mol. The van der Waals surface area contributed by atoms with Gasteiger partial charge in [0, 0.05) is 0 Å². The second-order valence-electron chi connectivity index (χ2n) is 4.51. The predicted molar refractivity (Wildman–Crippen MR) is 73.2 cm³/mol. The zero-order valence-electron chi connectivity index (χ0n) is 10.8. The van der Waals surface area contributed by atoms with E-state index in [0.29, 0.717) is 11.7 Å². The Bertz CT molecular complexity index is 503. The molecule has 0 fully saturated rings. The Balaban J connectivity index is 2.15. The Kier molecular flexibility index (Phi) is 3.88. The third-order valence-corrected chi connectivity index (χ3v) is 3.18. The van der Waals surface area contributed by atoms with Crippen molar-refractivity contribution >= 4 is 0 Å². The molecule has 2 rings (SSSR count). The molecule has 0 saturated heterocycles. The van der Waals surface area contributed by atoms with Gasteiger partial charge in [0.25, 0.3) is 0 Å². The number of rotatable bonds is 4. The lowest BCUT2D eigenvalue weighted by molar-refractivity contribution is 0.408. The number of methoxy groups -OCH3 is 1. The van der Waals surface area contributed by atoms with E-state index in [1.165, 1.54) is 11.1 Å². The Morgan fingerprint density at radius 3 is 2.39 bits per heavy atom. The lowest BCUT2D eigenvalue weighted by Gasteiger charge is -2.14. The van der Waals surface area contributed by atoms with Crippen molar-refractivity contribution in [3.63, 3.8) is 0 Å². The van der Waals surface area contributed by atoms with Gasteiger partial charge in [0.05, 0.1) is 7.11 Å². The van der Waals surface area contributed by atoms with Crippen LogP contribution in [0.25, 0.3) is 0 Å². The molecule has 94 valence electrons. The van der Waals surface area contributed by atoms with Crippen molar-refractivity contribution in [3.05, 3.63) is 59.7 Å². The smallest absolute Gasteiger partial charge is 0.122 e. The molecule has 0 saturated carbocycles. The maximum Gasteiger partial charge on any atom is 0.122 e. The number of phenols is 1.